The zero-order chi connectivity index (χ0) is 33.1. The maximum atomic E-state index is 14.1. The second-order valence-electron chi connectivity index (χ2n) is 10.8. The van der Waals surface area contributed by atoms with E-state index in [4.69, 9.17) is 9.47 Å². The molecule has 0 unspecified atom stereocenters. The minimum absolute atomic E-state index is 0.0189. The highest BCUT2D eigenvalue weighted by Crippen LogP contribution is 2.35. The Morgan fingerprint density at radius 2 is 1.49 bits per heavy atom. The van der Waals surface area contributed by atoms with Crippen LogP contribution >= 0.6 is 0 Å². The largest absolute Gasteiger partial charge is 0.490 e. The van der Waals surface area contributed by atoms with Crippen LogP contribution in [0.15, 0.2) is 115 Å². The summed E-state index contributed by atoms with van der Waals surface area (Å²) in [5.74, 6) is -0.727. The standard InChI is InChI=1S/C37H29N3O7/c1-3-46-34-22-26(16-19-33(34)47-23-25-14-17-28(18-15-25)40(44)45)21-31-35(41)38(29-11-6-8-24(2)20-29)37(43)39(36(31)42)32-13-7-10-27-9-4-5-12-30(27)32/h4-22H,3,23H2,1-2H3/b31-21+. The highest BCUT2D eigenvalue weighted by atomic mass is 16.6. The number of ether oxygens (including phenoxy) is 2. The van der Waals surface area contributed by atoms with Crippen LogP contribution in [0.5, 0.6) is 11.5 Å². The highest BCUT2D eigenvalue weighted by Gasteiger charge is 2.44. The third-order valence-corrected chi connectivity index (χ3v) is 7.64. The number of rotatable bonds is 9. The molecule has 0 saturated carbocycles. The molecule has 0 aromatic heterocycles. The van der Waals surface area contributed by atoms with Gasteiger partial charge in [-0.1, -0.05) is 54.6 Å². The first kappa shape index (κ1) is 30.7. The quantitative estimate of drug-likeness (QED) is 0.0714. The van der Waals surface area contributed by atoms with Crippen LogP contribution in [-0.4, -0.2) is 29.4 Å². The monoisotopic (exact) mass is 627 g/mol. The molecular weight excluding hydrogens is 598 g/mol. The van der Waals surface area contributed by atoms with E-state index in [1.165, 1.54) is 18.2 Å². The summed E-state index contributed by atoms with van der Waals surface area (Å²) in [7, 11) is 0. The fourth-order valence-electron chi connectivity index (χ4n) is 5.38. The van der Waals surface area contributed by atoms with E-state index in [-0.39, 0.29) is 17.9 Å². The van der Waals surface area contributed by atoms with Crippen LogP contribution in [0, 0.1) is 17.0 Å². The predicted octanol–water partition coefficient (Wildman–Crippen LogP) is 7.62. The summed E-state index contributed by atoms with van der Waals surface area (Å²) in [5, 5.41) is 12.5. The Labute approximate surface area is 270 Å². The van der Waals surface area contributed by atoms with Crippen molar-refractivity contribution < 1.29 is 28.8 Å². The molecule has 0 radical (unpaired) electrons. The molecule has 0 bridgehead atoms. The van der Waals surface area contributed by atoms with Gasteiger partial charge in [-0.3, -0.25) is 19.7 Å². The van der Waals surface area contributed by atoms with Gasteiger partial charge >= 0.3 is 6.03 Å². The Bertz CT molecular complexity index is 2070. The number of aryl methyl sites for hydroxylation is 1. The maximum absolute atomic E-state index is 14.1. The summed E-state index contributed by atoms with van der Waals surface area (Å²) in [6, 6.07) is 30.0. The first-order chi connectivity index (χ1) is 22.7. The number of anilines is 2. The molecule has 47 heavy (non-hydrogen) atoms. The number of nitro benzene ring substituents is 1. The normalized spacial score (nSPS) is 14.2. The Kier molecular flexibility index (Phi) is 8.48. The topological polar surface area (TPSA) is 119 Å². The van der Waals surface area contributed by atoms with E-state index in [2.05, 4.69) is 0 Å². The average Bonchev–Trinajstić information content (AvgIpc) is 3.07. The van der Waals surface area contributed by atoms with Gasteiger partial charge in [0.25, 0.3) is 17.5 Å². The molecular formula is C37H29N3O7. The van der Waals surface area contributed by atoms with Crippen molar-refractivity contribution in [2.45, 2.75) is 20.5 Å². The molecule has 0 spiro atoms. The number of hydrogen-bond donors (Lipinski definition) is 0. The van der Waals surface area contributed by atoms with Crippen molar-refractivity contribution in [3.05, 3.63) is 142 Å². The number of hydrogen-bond acceptors (Lipinski definition) is 7. The van der Waals surface area contributed by atoms with Gasteiger partial charge in [0.05, 0.1) is 22.9 Å². The van der Waals surface area contributed by atoms with Crippen molar-refractivity contribution in [2.24, 2.45) is 0 Å². The summed E-state index contributed by atoms with van der Waals surface area (Å²) in [5.41, 5.74) is 2.51. The number of non-ortho nitro benzene ring substituents is 1. The van der Waals surface area contributed by atoms with Crippen LogP contribution in [0.25, 0.3) is 16.8 Å². The molecule has 1 saturated heterocycles. The lowest BCUT2D eigenvalue weighted by Gasteiger charge is -2.34. The Morgan fingerprint density at radius 1 is 0.766 bits per heavy atom. The molecule has 1 fully saturated rings. The third-order valence-electron chi connectivity index (χ3n) is 7.64. The van der Waals surface area contributed by atoms with Crippen molar-refractivity contribution >= 4 is 51.8 Å². The number of amides is 4. The molecule has 0 atom stereocenters. The van der Waals surface area contributed by atoms with Gasteiger partial charge in [-0.2, -0.15) is 0 Å². The summed E-state index contributed by atoms with van der Waals surface area (Å²) in [6.45, 7) is 4.11. The minimum Gasteiger partial charge on any atom is -0.490 e. The van der Waals surface area contributed by atoms with Crippen molar-refractivity contribution in [1.29, 1.82) is 0 Å². The molecule has 0 aliphatic carbocycles. The fourth-order valence-corrected chi connectivity index (χ4v) is 5.38. The molecule has 234 valence electrons. The molecule has 1 aliphatic rings. The van der Waals surface area contributed by atoms with Crippen LogP contribution in [0.2, 0.25) is 0 Å². The molecule has 0 N–H and O–H groups in total. The smallest absolute Gasteiger partial charge is 0.343 e. The lowest BCUT2D eigenvalue weighted by atomic mass is 10.0. The number of nitrogens with zero attached hydrogens (tertiary/aromatic N) is 3. The van der Waals surface area contributed by atoms with Gasteiger partial charge < -0.3 is 9.47 Å². The number of carbonyl (C=O) groups is 3. The second kappa shape index (κ2) is 13.0. The van der Waals surface area contributed by atoms with E-state index in [1.807, 2.05) is 50.2 Å². The lowest BCUT2D eigenvalue weighted by molar-refractivity contribution is -0.384. The average molecular weight is 628 g/mol. The van der Waals surface area contributed by atoms with Crippen molar-refractivity contribution in [3.63, 3.8) is 0 Å². The van der Waals surface area contributed by atoms with Crippen molar-refractivity contribution in [1.82, 2.24) is 0 Å². The third kappa shape index (κ3) is 6.16. The Hall–Kier alpha value is -6.29. The zero-order valence-corrected chi connectivity index (χ0v) is 25.6. The van der Waals surface area contributed by atoms with E-state index in [9.17, 15) is 24.5 Å². The molecule has 1 heterocycles. The van der Waals surface area contributed by atoms with Crippen LogP contribution < -0.4 is 19.3 Å². The first-order valence-corrected chi connectivity index (χ1v) is 14.9. The summed E-state index contributed by atoms with van der Waals surface area (Å²) >= 11 is 0. The van der Waals surface area contributed by atoms with E-state index < -0.39 is 22.8 Å². The number of barbiturate groups is 1. The Balaban J connectivity index is 1.39. The fraction of sp³-hybridized carbons (Fsp3) is 0.108. The second-order valence-corrected chi connectivity index (χ2v) is 10.8. The van der Waals surface area contributed by atoms with Crippen LogP contribution in [0.4, 0.5) is 21.9 Å². The Morgan fingerprint density at radius 3 is 2.23 bits per heavy atom. The van der Waals surface area contributed by atoms with Gasteiger partial charge in [0, 0.05) is 17.5 Å². The number of urea groups is 1. The van der Waals surface area contributed by atoms with Gasteiger partial charge in [0.15, 0.2) is 11.5 Å². The van der Waals surface area contributed by atoms with Crippen molar-refractivity contribution in [2.75, 3.05) is 16.4 Å². The number of benzene rings is 5. The lowest BCUT2D eigenvalue weighted by Crippen LogP contribution is -2.57. The number of imide groups is 2. The predicted molar refractivity (Wildman–Crippen MR) is 179 cm³/mol. The molecule has 6 rings (SSSR count). The van der Waals surface area contributed by atoms with Crippen molar-refractivity contribution in [3.8, 4) is 11.5 Å². The molecule has 10 nitrogen and oxygen atoms in total. The van der Waals surface area contributed by atoms with E-state index >= 15 is 0 Å². The maximum Gasteiger partial charge on any atom is 0.343 e. The molecule has 1 aliphatic heterocycles. The van der Waals surface area contributed by atoms with E-state index in [0.717, 1.165) is 26.3 Å². The molecule has 5 aromatic rings. The summed E-state index contributed by atoms with van der Waals surface area (Å²) in [4.78, 5) is 54.7. The van der Waals surface area contributed by atoms with Gasteiger partial charge in [-0.05, 0) is 84.5 Å². The minimum atomic E-state index is -0.774. The number of fused-ring (bicyclic) bond motifs is 1. The first-order valence-electron chi connectivity index (χ1n) is 14.9. The molecule has 4 amide bonds. The highest BCUT2D eigenvalue weighted by molar-refractivity contribution is 6.46. The molecule has 10 heteroatoms. The molecule has 5 aromatic carbocycles. The van der Waals surface area contributed by atoms with E-state index in [0.29, 0.717) is 40.4 Å². The zero-order valence-electron chi connectivity index (χ0n) is 25.6. The van der Waals surface area contributed by atoms with Gasteiger partial charge in [0.2, 0.25) is 0 Å². The van der Waals surface area contributed by atoms with Crippen LogP contribution in [-0.2, 0) is 16.2 Å². The van der Waals surface area contributed by atoms with Gasteiger partial charge in [-0.15, -0.1) is 0 Å². The summed E-state index contributed by atoms with van der Waals surface area (Å²) < 4.78 is 11.8. The van der Waals surface area contributed by atoms with Crippen LogP contribution in [0.3, 0.4) is 0 Å². The SMILES string of the molecule is CCOc1cc(/C=C2\C(=O)N(c3cccc(C)c3)C(=O)N(c3cccc4ccccc34)C2=O)ccc1OCc1ccc([N+](=O)[O-])cc1. The summed E-state index contributed by atoms with van der Waals surface area (Å²) in [6.07, 6.45) is 1.45. The number of nitro groups is 1. The van der Waals surface area contributed by atoms with Gasteiger partial charge in [0.1, 0.15) is 12.2 Å². The van der Waals surface area contributed by atoms with Gasteiger partial charge in [-0.25, -0.2) is 14.6 Å². The number of carbonyl (C=O) groups excluding carboxylic acids is 3. The van der Waals surface area contributed by atoms with E-state index in [1.54, 1.807) is 60.7 Å². The van der Waals surface area contributed by atoms with Crippen LogP contribution in [0.1, 0.15) is 23.6 Å².